The summed E-state index contributed by atoms with van der Waals surface area (Å²) in [5, 5.41) is 2.76. The predicted molar refractivity (Wildman–Crippen MR) is 131 cm³/mol. The summed E-state index contributed by atoms with van der Waals surface area (Å²) in [6.07, 6.45) is 1.61. The Morgan fingerprint density at radius 2 is 1.69 bits per heavy atom. The van der Waals surface area contributed by atoms with Crippen molar-refractivity contribution in [1.29, 1.82) is 0 Å². The summed E-state index contributed by atoms with van der Waals surface area (Å²) < 4.78 is 26.7. The maximum atomic E-state index is 13.1. The number of rotatable bonds is 11. The number of carbonyl (C=O) groups excluding carboxylic acids is 2. The first-order chi connectivity index (χ1) is 15.1. The molecule has 32 heavy (non-hydrogen) atoms. The number of halogens is 1. The van der Waals surface area contributed by atoms with Gasteiger partial charge in [0, 0.05) is 30.5 Å². The number of benzene rings is 2. The molecule has 2 amide bonds. The van der Waals surface area contributed by atoms with Crippen LogP contribution in [0.15, 0.2) is 59.1 Å². The van der Waals surface area contributed by atoms with Gasteiger partial charge in [0.05, 0.1) is 11.9 Å². The lowest BCUT2D eigenvalue weighted by Crippen LogP contribution is -2.47. The van der Waals surface area contributed by atoms with E-state index in [4.69, 9.17) is 0 Å². The summed E-state index contributed by atoms with van der Waals surface area (Å²) in [4.78, 5) is 27.1. The number of hydrogen-bond acceptors (Lipinski definition) is 4. The van der Waals surface area contributed by atoms with Crippen LogP contribution in [0, 0.1) is 0 Å². The Labute approximate surface area is 199 Å². The lowest BCUT2D eigenvalue weighted by atomic mass is 10.1. The van der Waals surface area contributed by atoms with Crippen molar-refractivity contribution in [2.75, 3.05) is 23.7 Å². The molecule has 0 radical (unpaired) electrons. The maximum absolute atomic E-state index is 13.1. The average Bonchev–Trinajstić information content (AvgIpc) is 2.75. The van der Waals surface area contributed by atoms with E-state index in [0.717, 1.165) is 16.3 Å². The van der Waals surface area contributed by atoms with Crippen LogP contribution in [0.2, 0.25) is 0 Å². The number of likely N-dealkylation sites (N-methyl/N-ethyl adjacent to an activating group) is 1. The molecule has 0 fully saturated rings. The minimum absolute atomic E-state index is 0.124. The number of para-hydroxylation sites is 1. The summed E-state index contributed by atoms with van der Waals surface area (Å²) in [6, 6.07) is 15.7. The van der Waals surface area contributed by atoms with Crippen LogP contribution in [-0.4, -0.2) is 50.5 Å². The van der Waals surface area contributed by atoms with Gasteiger partial charge in [-0.1, -0.05) is 46.3 Å². The molecule has 1 N–H and O–H groups in total. The fraction of sp³-hybridized carbons (Fsp3) is 0.391. The van der Waals surface area contributed by atoms with Crippen molar-refractivity contribution in [2.45, 2.75) is 39.3 Å². The van der Waals surface area contributed by atoms with E-state index in [9.17, 15) is 18.0 Å². The summed E-state index contributed by atoms with van der Waals surface area (Å²) in [6.45, 7) is 4.47. The first-order valence-electron chi connectivity index (χ1n) is 10.5. The molecule has 0 aliphatic rings. The van der Waals surface area contributed by atoms with E-state index < -0.39 is 16.1 Å². The quantitative estimate of drug-likeness (QED) is 0.487. The summed E-state index contributed by atoms with van der Waals surface area (Å²) >= 11 is 3.40. The van der Waals surface area contributed by atoms with Crippen LogP contribution in [0.25, 0.3) is 0 Å². The molecular weight excluding hydrogens is 494 g/mol. The van der Waals surface area contributed by atoms with Crippen LogP contribution in [0.5, 0.6) is 0 Å². The Bertz CT molecular complexity index is 998. The molecule has 174 valence electrons. The number of hydrogen-bond donors (Lipinski definition) is 1. The van der Waals surface area contributed by atoms with Crippen LogP contribution in [0.3, 0.4) is 0 Å². The van der Waals surface area contributed by atoms with Crippen LogP contribution in [-0.2, 0) is 26.2 Å². The van der Waals surface area contributed by atoms with Gasteiger partial charge in [0.1, 0.15) is 6.04 Å². The van der Waals surface area contributed by atoms with Gasteiger partial charge in [-0.05, 0) is 50.1 Å². The second-order valence-corrected chi connectivity index (χ2v) is 10.3. The van der Waals surface area contributed by atoms with Crippen molar-refractivity contribution in [1.82, 2.24) is 10.2 Å². The molecule has 0 heterocycles. The Balaban J connectivity index is 2.12. The van der Waals surface area contributed by atoms with Crippen molar-refractivity contribution < 1.29 is 18.0 Å². The standard InChI is InChI=1S/C23H30BrN3O4S/c1-4-25-23(29)18(2)26(17-19-12-14-20(24)15-13-19)22(28)11-8-16-27(32(3,30)31)21-9-6-5-7-10-21/h5-7,9-10,12-15,18H,4,8,11,16-17H2,1-3H3,(H,25,29)/t18-/m0/s1. The lowest BCUT2D eigenvalue weighted by Gasteiger charge is -2.29. The van der Waals surface area contributed by atoms with Gasteiger partial charge in [0.2, 0.25) is 21.8 Å². The molecular formula is C23H30BrN3O4S. The molecule has 0 aromatic heterocycles. The van der Waals surface area contributed by atoms with Crippen LogP contribution >= 0.6 is 15.9 Å². The third-order valence-electron chi connectivity index (χ3n) is 4.98. The normalized spacial score (nSPS) is 12.1. The minimum Gasteiger partial charge on any atom is -0.355 e. The van der Waals surface area contributed by atoms with Gasteiger partial charge in [-0.15, -0.1) is 0 Å². The fourth-order valence-electron chi connectivity index (χ4n) is 3.29. The van der Waals surface area contributed by atoms with Crippen molar-refractivity contribution in [3.8, 4) is 0 Å². The summed E-state index contributed by atoms with van der Waals surface area (Å²) in [5.41, 5.74) is 1.46. The molecule has 0 aliphatic carbocycles. The molecule has 2 aromatic rings. The van der Waals surface area contributed by atoms with Gasteiger partial charge in [0.15, 0.2) is 0 Å². The number of amides is 2. The maximum Gasteiger partial charge on any atom is 0.242 e. The second-order valence-electron chi connectivity index (χ2n) is 7.49. The molecule has 2 rings (SSSR count). The van der Waals surface area contributed by atoms with E-state index >= 15 is 0 Å². The highest BCUT2D eigenvalue weighted by atomic mass is 79.9. The molecule has 7 nitrogen and oxygen atoms in total. The second kappa shape index (κ2) is 12.0. The van der Waals surface area contributed by atoms with Crippen molar-refractivity contribution in [3.05, 3.63) is 64.6 Å². The molecule has 0 saturated heterocycles. The first kappa shape index (κ1) is 25.9. The van der Waals surface area contributed by atoms with Crippen molar-refractivity contribution in [3.63, 3.8) is 0 Å². The zero-order valence-electron chi connectivity index (χ0n) is 18.6. The molecule has 0 spiro atoms. The topological polar surface area (TPSA) is 86.8 Å². The first-order valence-corrected chi connectivity index (χ1v) is 13.1. The molecule has 0 saturated carbocycles. The van der Waals surface area contributed by atoms with Crippen molar-refractivity contribution in [2.24, 2.45) is 0 Å². The third kappa shape index (κ3) is 7.63. The summed E-state index contributed by atoms with van der Waals surface area (Å²) in [7, 11) is -3.49. The van der Waals surface area contributed by atoms with Gasteiger partial charge in [-0.3, -0.25) is 13.9 Å². The molecule has 9 heteroatoms. The fourth-order valence-corrected chi connectivity index (χ4v) is 4.52. The van der Waals surface area contributed by atoms with E-state index in [1.165, 1.54) is 4.31 Å². The summed E-state index contributed by atoms with van der Waals surface area (Å²) in [5.74, 6) is -0.423. The Hall–Kier alpha value is -2.39. The lowest BCUT2D eigenvalue weighted by molar-refractivity contribution is -0.140. The molecule has 0 bridgehead atoms. The van der Waals surface area contributed by atoms with Crippen LogP contribution < -0.4 is 9.62 Å². The van der Waals surface area contributed by atoms with Crippen LogP contribution in [0.1, 0.15) is 32.3 Å². The van der Waals surface area contributed by atoms with Crippen molar-refractivity contribution >= 4 is 43.5 Å². The highest BCUT2D eigenvalue weighted by molar-refractivity contribution is 9.10. The van der Waals surface area contributed by atoms with E-state index in [1.54, 1.807) is 36.1 Å². The monoisotopic (exact) mass is 523 g/mol. The highest BCUT2D eigenvalue weighted by Gasteiger charge is 2.26. The third-order valence-corrected chi connectivity index (χ3v) is 6.70. The smallest absolute Gasteiger partial charge is 0.242 e. The van der Waals surface area contributed by atoms with E-state index in [-0.39, 0.29) is 24.8 Å². The SMILES string of the molecule is CCNC(=O)[C@H](C)N(Cc1ccc(Br)cc1)C(=O)CCCN(c1ccccc1)S(C)(=O)=O. The van der Waals surface area contributed by atoms with E-state index in [2.05, 4.69) is 21.2 Å². The number of nitrogens with zero attached hydrogens (tertiary/aromatic N) is 2. The number of sulfonamides is 1. The predicted octanol–water partition coefficient (Wildman–Crippen LogP) is 3.55. The largest absolute Gasteiger partial charge is 0.355 e. The van der Waals surface area contributed by atoms with E-state index in [0.29, 0.717) is 25.2 Å². The van der Waals surface area contributed by atoms with Gasteiger partial charge < -0.3 is 10.2 Å². The Morgan fingerprint density at radius 3 is 2.25 bits per heavy atom. The number of nitrogens with one attached hydrogen (secondary N) is 1. The zero-order valence-corrected chi connectivity index (χ0v) is 21.0. The molecule has 1 atom stereocenters. The molecule has 2 aromatic carbocycles. The highest BCUT2D eigenvalue weighted by Crippen LogP contribution is 2.19. The number of anilines is 1. The molecule has 0 aliphatic heterocycles. The van der Waals surface area contributed by atoms with Gasteiger partial charge in [-0.2, -0.15) is 0 Å². The molecule has 0 unspecified atom stereocenters. The Morgan fingerprint density at radius 1 is 1.06 bits per heavy atom. The van der Waals surface area contributed by atoms with E-state index in [1.807, 2.05) is 37.3 Å². The van der Waals surface area contributed by atoms with Crippen LogP contribution in [0.4, 0.5) is 5.69 Å². The van der Waals surface area contributed by atoms with Gasteiger partial charge in [0.25, 0.3) is 0 Å². The minimum atomic E-state index is -3.49. The average molecular weight is 524 g/mol. The number of carbonyl (C=O) groups is 2. The van der Waals surface area contributed by atoms with Gasteiger partial charge >= 0.3 is 0 Å². The zero-order chi connectivity index (χ0) is 23.7. The Kier molecular flexibility index (Phi) is 9.71. The van der Waals surface area contributed by atoms with Gasteiger partial charge in [-0.25, -0.2) is 8.42 Å².